The molecule has 2 aromatic heterocycles. The van der Waals surface area contributed by atoms with Crippen LogP contribution >= 0.6 is 15.9 Å². The van der Waals surface area contributed by atoms with Crippen molar-refractivity contribution < 1.29 is 14.2 Å². The predicted molar refractivity (Wildman–Crippen MR) is 122 cm³/mol. The topological polar surface area (TPSA) is 91.3 Å². The Balaban J connectivity index is 1.45. The summed E-state index contributed by atoms with van der Waals surface area (Å²) < 4.78 is 20.7. The van der Waals surface area contributed by atoms with Gasteiger partial charge >= 0.3 is 0 Å². The molecule has 0 spiro atoms. The first-order chi connectivity index (χ1) is 15.5. The molecule has 3 unspecified atom stereocenters. The van der Waals surface area contributed by atoms with E-state index in [1.807, 2.05) is 62.4 Å². The third-order valence-electron chi connectivity index (χ3n) is 5.32. The Labute approximate surface area is 192 Å². The van der Waals surface area contributed by atoms with Crippen molar-refractivity contribution in [2.24, 2.45) is 0 Å². The number of imidazole rings is 1. The van der Waals surface area contributed by atoms with Crippen molar-refractivity contribution in [1.82, 2.24) is 19.5 Å². The Kier molecular flexibility index (Phi) is 5.44. The standard InChI is InChI=1S/C23H21BrN4O4/c1-13-3-7-15(8-4-13)30-17-11-18(32-22(17)31-16-9-5-14(2)6-10-16)28-12-25-19-20(28)26-23(24)27-21(19)29/h3-10,12,17-18,22H,11H2,1-2H3,(H,26,27,29). The maximum absolute atomic E-state index is 12.2. The summed E-state index contributed by atoms with van der Waals surface area (Å²) in [5.74, 6) is 1.42. The lowest BCUT2D eigenvalue weighted by Crippen LogP contribution is -2.32. The Morgan fingerprint density at radius 2 is 1.66 bits per heavy atom. The van der Waals surface area contributed by atoms with Crippen LogP contribution in [0.25, 0.3) is 11.2 Å². The number of H-pyrrole nitrogens is 1. The largest absolute Gasteiger partial charge is 0.484 e. The van der Waals surface area contributed by atoms with Crippen molar-refractivity contribution in [1.29, 1.82) is 0 Å². The Morgan fingerprint density at radius 1 is 1.03 bits per heavy atom. The number of aryl methyl sites for hydroxylation is 2. The third kappa shape index (κ3) is 4.13. The fourth-order valence-electron chi connectivity index (χ4n) is 3.65. The zero-order chi connectivity index (χ0) is 22.2. The highest BCUT2D eigenvalue weighted by atomic mass is 79.9. The first-order valence-corrected chi connectivity index (χ1v) is 11.0. The van der Waals surface area contributed by atoms with Crippen molar-refractivity contribution in [2.45, 2.75) is 38.9 Å². The molecular formula is C23H21BrN4O4. The minimum absolute atomic E-state index is 0.246. The number of benzene rings is 2. The quantitative estimate of drug-likeness (QED) is 0.414. The van der Waals surface area contributed by atoms with Gasteiger partial charge in [0.05, 0.1) is 6.33 Å². The van der Waals surface area contributed by atoms with Crippen LogP contribution in [0.1, 0.15) is 23.8 Å². The normalized spacial score (nSPS) is 20.5. The molecule has 32 heavy (non-hydrogen) atoms. The minimum Gasteiger partial charge on any atom is -0.484 e. The molecule has 1 aliphatic rings. The summed E-state index contributed by atoms with van der Waals surface area (Å²) in [5.41, 5.74) is 2.64. The Morgan fingerprint density at radius 3 is 2.31 bits per heavy atom. The van der Waals surface area contributed by atoms with E-state index in [0.717, 1.165) is 16.9 Å². The van der Waals surface area contributed by atoms with Crippen LogP contribution in [0.15, 0.2) is 64.4 Å². The van der Waals surface area contributed by atoms with Gasteiger partial charge in [0, 0.05) is 6.42 Å². The SMILES string of the molecule is Cc1ccc(OC2CC(n3cnc4c(=O)[nH]c(Br)nc43)OC2Oc2ccc(C)cc2)cc1. The monoisotopic (exact) mass is 496 g/mol. The van der Waals surface area contributed by atoms with Crippen LogP contribution in [-0.4, -0.2) is 31.9 Å². The van der Waals surface area contributed by atoms with Crippen molar-refractivity contribution in [3.05, 3.63) is 81.1 Å². The Hall–Kier alpha value is -3.17. The van der Waals surface area contributed by atoms with Crippen molar-refractivity contribution >= 4 is 27.1 Å². The number of hydrogen-bond acceptors (Lipinski definition) is 6. The van der Waals surface area contributed by atoms with Gasteiger partial charge in [-0.25, -0.2) is 9.97 Å². The van der Waals surface area contributed by atoms with Crippen LogP contribution in [0.2, 0.25) is 0 Å². The predicted octanol–water partition coefficient (Wildman–Crippen LogP) is 4.27. The van der Waals surface area contributed by atoms with Gasteiger partial charge in [-0.2, -0.15) is 0 Å². The van der Waals surface area contributed by atoms with Gasteiger partial charge in [-0.1, -0.05) is 35.4 Å². The van der Waals surface area contributed by atoms with E-state index in [-0.39, 0.29) is 17.2 Å². The molecule has 0 aliphatic carbocycles. The fourth-order valence-corrected chi connectivity index (χ4v) is 3.99. The van der Waals surface area contributed by atoms with Crippen LogP contribution in [0.3, 0.4) is 0 Å². The number of hydrogen-bond donors (Lipinski definition) is 1. The zero-order valence-corrected chi connectivity index (χ0v) is 19.1. The summed E-state index contributed by atoms with van der Waals surface area (Å²) in [6, 6.07) is 15.6. The second kappa shape index (κ2) is 8.40. The number of aromatic nitrogens is 4. The molecule has 1 fully saturated rings. The van der Waals surface area contributed by atoms with E-state index in [1.54, 1.807) is 10.9 Å². The molecule has 2 aromatic carbocycles. The van der Waals surface area contributed by atoms with Gasteiger partial charge < -0.3 is 14.2 Å². The van der Waals surface area contributed by atoms with E-state index in [2.05, 4.69) is 30.9 Å². The van der Waals surface area contributed by atoms with Gasteiger partial charge in [-0.05, 0) is 54.0 Å². The van der Waals surface area contributed by atoms with Gasteiger partial charge in [0.25, 0.3) is 5.56 Å². The molecule has 8 nitrogen and oxygen atoms in total. The van der Waals surface area contributed by atoms with Crippen molar-refractivity contribution in [3.8, 4) is 11.5 Å². The van der Waals surface area contributed by atoms with E-state index in [9.17, 15) is 4.79 Å². The van der Waals surface area contributed by atoms with E-state index < -0.39 is 12.5 Å². The molecule has 0 amide bonds. The summed E-state index contributed by atoms with van der Waals surface area (Å²) in [6.45, 7) is 4.05. The Bertz CT molecular complexity index is 1250. The average Bonchev–Trinajstić information content (AvgIpc) is 3.35. The number of nitrogens with one attached hydrogen (secondary N) is 1. The molecule has 1 aliphatic heterocycles. The zero-order valence-electron chi connectivity index (χ0n) is 17.5. The van der Waals surface area contributed by atoms with E-state index >= 15 is 0 Å². The lowest BCUT2D eigenvalue weighted by atomic mass is 10.2. The van der Waals surface area contributed by atoms with Crippen LogP contribution in [-0.2, 0) is 4.74 Å². The van der Waals surface area contributed by atoms with Crippen molar-refractivity contribution in [3.63, 3.8) is 0 Å². The number of nitrogens with zero attached hydrogens (tertiary/aromatic N) is 3. The maximum atomic E-state index is 12.2. The molecule has 0 bridgehead atoms. The first-order valence-electron chi connectivity index (χ1n) is 10.2. The second-order valence-electron chi connectivity index (χ2n) is 7.78. The second-order valence-corrected chi connectivity index (χ2v) is 8.53. The summed E-state index contributed by atoms with van der Waals surface area (Å²) in [7, 11) is 0. The van der Waals surface area contributed by atoms with Gasteiger partial charge in [-0.3, -0.25) is 14.3 Å². The third-order valence-corrected chi connectivity index (χ3v) is 5.70. The number of aromatic amines is 1. The van der Waals surface area contributed by atoms with Crippen LogP contribution in [0, 0.1) is 13.8 Å². The molecule has 4 aromatic rings. The van der Waals surface area contributed by atoms with Crippen molar-refractivity contribution in [2.75, 3.05) is 0 Å². The van der Waals surface area contributed by atoms with Gasteiger partial charge in [0.2, 0.25) is 6.29 Å². The van der Waals surface area contributed by atoms with E-state index in [4.69, 9.17) is 14.2 Å². The highest BCUT2D eigenvalue weighted by molar-refractivity contribution is 9.10. The highest BCUT2D eigenvalue weighted by Crippen LogP contribution is 2.34. The molecule has 9 heteroatoms. The van der Waals surface area contributed by atoms with Crippen LogP contribution in [0.4, 0.5) is 0 Å². The summed E-state index contributed by atoms with van der Waals surface area (Å²) in [4.78, 5) is 23.4. The lowest BCUT2D eigenvalue weighted by molar-refractivity contribution is -0.120. The number of fused-ring (bicyclic) bond motifs is 1. The number of rotatable bonds is 5. The molecule has 164 valence electrons. The summed E-state index contributed by atoms with van der Waals surface area (Å²) in [6.07, 6.45) is 0.536. The number of halogens is 1. The molecule has 1 N–H and O–H groups in total. The lowest BCUT2D eigenvalue weighted by Gasteiger charge is -2.21. The van der Waals surface area contributed by atoms with Crippen LogP contribution < -0.4 is 15.0 Å². The van der Waals surface area contributed by atoms with E-state index in [0.29, 0.717) is 22.6 Å². The fraction of sp³-hybridized carbons (Fsp3) is 0.261. The molecule has 1 saturated heterocycles. The smallest absolute Gasteiger partial charge is 0.279 e. The first kappa shape index (κ1) is 20.7. The van der Waals surface area contributed by atoms with Gasteiger partial charge in [-0.15, -0.1) is 0 Å². The summed E-state index contributed by atoms with van der Waals surface area (Å²) in [5, 5.41) is 0. The summed E-state index contributed by atoms with van der Waals surface area (Å²) >= 11 is 3.24. The van der Waals surface area contributed by atoms with Gasteiger partial charge in [0.15, 0.2) is 22.0 Å². The average molecular weight is 497 g/mol. The highest BCUT2D eigenvalue weighted by Gasteiger charge is 2.40. The molecule has 3 heterocycles. The minimum atomic E-state index is -0.660. The molecule has 0 radical (unpaired) electrons. The number of ether oxygens (including phenoxy) is 3. The van der Waals surface area contributed by atoms with Gasteiger partial charge in [0.1, 0.15) is 17.7 Å². The van der Waals surface area contributed by atoms with Crippen LogP contribution in [0.5, 0.6) is 11.5 Å². The maximum Gasteiger partial charge on any atom is 0.279 e. The molecule has 5 rings (SSSR count). The molecular weight excluding hydrogens is 476 g/mol. The van der Waals surface area contributed by atoms with E-state index in [1.165, 1.54) is 0 Å². The molecule has 0 saturated carbocycles. The molecule has 3 atom stereocenters.